The minimum Gasteiger partial charge on any atom is -0.338 e. The number of likely N-dealkylation sites (N-methyl/N-ethyl adjacent to an activating group) is 1. The number of rotatable bonds is 2. The molecule has 0 amide bonds. The topological polar surface area (TPSA) is 20.2 Å². The number of halogens is 1. The molecule has 108 valence electrons. The van der Waals surface area contributed by atoms with Gasteiger partial charge in [-0.3, -0.25) is 0 Å². The van der Waals surface area contributed by atoms with Gasteiger partial charge in [0, 0.05) is 43.6 Å². The Labute approximate surface area is 129 Å². The number of piperazine rings is 1. The highest BCUT2D eigenvalue weighted by atomic mass is 79.9. The van der Waals surface area contributed by atoms with Gasteiger partial charge in [-0.1, -0.05) is 12.1 Å². The summed E-state index contributed by atoms with van der Waals surface area (Å²) in [7, 11) is 4.34. The van der Waals surface area contributed by atoms with E-state index >= 15 is 0 Å². The first-order valence-electron chi connectivity index (χ1n) is 7.21. The van der Waals surface area contributed by atoms with E-state index in [1.54, 1.807) is 0 Å². The summed E-state index contributed by atoms with van der Waals surface area (Å²) in [6.45, 7) is 5.50. The molecule has 4 heteroatoms. The number of hydrogen-bond donors (Lipinski definition) is 1. The lowest BCUT2D eigenvalue weighted by atomic mass is 10.0. The molecular formula is C16H22BrN3. The lowest BCUT2D eigenvalue weighted by Crippen LogP contribution is -2.49. The van der Waals surface area contributed by atoms with Gasteiger partial charge >= 0.3 is 0 Å². The zero-order valence-electron chi connectivity index (χ0n) is 12.4. The van der Waals surface area contributed by atoms with E-state index in [4.69, 9.17) is 0 Å². The van der Waals surface area contributed by atoms with Crippen molar-refractivity contribution in [3.8, 4) is 0 Å². The SMILES string of the molecule is Cc1ccc2c(CC3CN(C)CCN3)c(Br)n(C)c2c1. The fraction of sp³-hybridized carbons (Fsp3) is 0.500. The first-order chi connectivity index (χ1) is 9.56. The number of hydrogen-bond acceptors (Lipinski definition) is 2. The Morgan fingerprint density at radius 1 is 1.35 bits per heavy atom. The second-order valence-electron chi connectivity index (χ2n) is 5.97. The minimum absolute atomic E-state index is 0.539. The van der Waals surface area contributed by atoms with Crippen molar-refractivity contribution in [2.75, 3.05) is 26.7 Å². The highest BCUT2D eigenvalue weighted by molar-refractivity contribution is 9.10. The second-order valence-corrected chi connectivity index (χ2v) is 6.72. The molecule has 1 aliphatic rings. The summed E-state index contributed by atoms with van der Waals surface area (Å²) in [6, 6.07) is 7.27. The Balaban J connectivity index is 1.96. The van der Waals surface area contributed by atoms with Crippen LogP contribution in [0.1, 0.15) is 11.1 Å². The van der Waals surface area contributed by atoms with Crippen LogP contribution in [0, 0.1) is 6.92 Å². The Morgan fingerprint density at radius 3 is 2.90 bits per heavy atom. The molecule has 2 heterocycles. The Kier molecular flexibility index (Phi) is 3.89. The largest absolute Gasteiger partial charge is 0.338 e. The van der Waals surface area contributed by atoms with E-state index in [0.29, 0.717) is 6.04 Å². The lowest BCUT2D eigenvalue weighted by Gasteiger charge is -2.31. The number of nitrogens with one attached hydrogen (secondary N) is 1. The normalized spacial score (nSPS) is 20.7. The number of nitrogens with zero attached hydrogens (tertiary/aromatic N) is 2. The molecule has 0 radical (unpaired) electrons. The monoisotopic (exact) mass is 335 g/mol. The van der Waals surface area contributed by atoms with Gasteiger partial charge in [-0.05, 0) is 53.5 Å². The van der Waals surface area contributed by atoms with E-state index in [1.807, 2.05) is 0 Å². The van der Waals surface area contributed by atoms with Gasteiger partial charge in [0.1, 0.15) is 0 Å². The molecule has 2 aromatic rings. The van der Waals surface area contributed by atoms with E-state index in [9.17, 15) is 0 Å². The fourth-order valence-corrected chi connectivity index (χ4v) is 3.73. The first kappa shape index (κ1) is 14.1. The quantitative estimate of drug-likeness (QED) is 0.910. The Morgan fingerprint density at radius 2 is 2.15 bits per heavy atom. The summed E-state index contributed by atoms with van der Waals surface area (Å²) in [5.74, 6) is 0. The molecule has 3 rings (SSSR count). The van der Waals surface area contributed by atoms with Gasteiger partial charge in [0.2, 0.25) is 0 Å². The number of aryl methyl sites for hydroxylation is 2. The maximum absolute atomic E-state index is 3.78. The van der Waals surface area contributed by atoms with E-state index in [1.165, 1.54) is 26.6 Å². The van der Waals surface area contributed by atoms with Crippen molar-refractivity contribution >= 4 is 26.8 Å². The van der Waals surface area contributed by atoms with Crippen molar-refractivity contribution in [1.82, 2.24) is 14.8 Å². The average molecular weight is 336 g/mol. The van der Waals surface area contributed by atoms with Gasteiger partial charge in [0.15, 0.2) is 0 Å². The van der Waals surface area contributed by atoms with Gasteiger partial charge in [0.05, 0.1) is 4.60 Å². The van der Waals surface area contributed by atoms with Gasteiger partial charge in [-0.25, -0.2) is 0 Å². The summed E-state index contributed by atoms with van der Waals surface area (Å²) in [5.41, 5.74) is 4.05. The number of fused-ring (bicyclic) bond motifs is 1. The van der Waals surface area contributed by atoms with Crippen molar-refractivity contribution in [3.05, 3.63) is 33.9 Å². The Bertz CT molecular complexity index is 632. The van der Waals surface area contributed by atoms with Crippen LogP contribution in [0.3, 0.4) is 0 Å². The maximum atomic E-state index is 3.78. The molecule has 1 unspecified atom stereocenters. The lowest BCUT2D eigenvalue weighted by molar-refractivity contribution is 0.238. The maximum Gasteiger partial charge on any atom is 0.0887 e. The van der Waals surface area contributed by atoms with Gasteiger partial charge in [0.25, 0.3) is 0 Å². The molecule has 1 atom stereocenters. The van der Waals surface area contributed by atoms with E-state index in [-0.39, 0.29) is 0 Å². The molecule has 0 bridgehead atoms. The standard InChI is InChI=1S/C16H22BrN3/c1-11-4-5-13-14(16(17)20(3)15(13)8-11)9-12-10-19(2)7-6-18-12/h4-5,8,12,18H,6-7,9-10H2,1-3H3. The molecule has 1 fully saturated rings. The molecule has 0 saturated carbocycles. The van der Waals surface area contributed by atoms with E-state index in [0.717, 1.165) is 26.1 Å². The van der Waals surface area contributed by atoms with Crippen LogP contribution >= 0.6 is 15.9 Å². The molecule has 1 aromatic carbocycles. The fourth-order valence-electron chi connectivity index (χ4n) is 3.16. The first-order valence-corrected chi connectivity index (χ1v) is 8.01. The van der Waals surface area contributed by atoms with E-state index in [2.05, 4.69) is 69.9 Å². The van der Waals surface area contributed by atoms with Crippen LogP contribution in [0.15, 0.2) is 22.8 Å². The summed E-state index contributed by atoms with van der Waals surface area (Å²) in [4.78, 5) is 2.41. The molecule has 0 spiro atoms. The third kappa shape index (κ3) is 2.52. The molecule has 1 saturated heterocycles. The third-order valence-electron chi connectivity index (χ3n) is 4.29. The van der Waals surface area contributed by atoms with Crippen molar-refractivity contribution in [3.63, 3.8) is 0 Å². The zero-order chi connectivity index (χ0) is 14.3. The summed E-state index contributed by atoms with van der Waals surface area (Å²) in [5, 5.41) is 5.01. The van der Waals surface area contributed by atoms with Crippen LogP contribution in [0.2, 0.25) is 0 Å². The van der Waals surface area contributed by atoms with Crippen LogP contribution in [0.5, 0.6) is 0 Å². The molecule has 1 N–H and O–H groups in total. The summed E-state index contributed by atoms with van der Waals surface area (Å²) >= 11 is 3.78. The zero-order valence-corrected chi connectivity index (χ0v) is 14.0. The molecular weight excluding hydrogens is 314 g/mol. The van der Waals surface area contributed by atoms with Crippen molar-refractivity contribution in [2.24, 2.45) is 7.05 Å². The second kappa shape index (κ2) is 5.51. The molecule has 1 aromatic heterocycles. The van der Waals surface area contributed by atoms with Crippen molar-refractivity contribution < 1.29 is 0 Å². The predicted octanol–water partition coefficient (Wildman–Crippen LogP) is 2.70. The number of benzene rings is 1. The van der Waals surface area contributed by atoms with E-state index < -0.39 is 0 Å². The molecule has 1 aliphatic heterocycles. The van der Waals surface area contributed by atoms with Gasteiger partial charge in [-0.15, -0.1) is 0 Å². The van der Waals surface area contributed by atoms with Crippen molar-refractivity contribution in [2.45, 2.75) is 19.4 Å². The van der Waals surface area contributed by atoms with Crippen LogP contribution < -0.4 is 5.32 Å². The van der Waals surface area contributed by atoms with Crippen molar-refractivity contribution in [1.29, 1.82) is 0 Å². The van der Waals surface area contributed by atoms with Crippen LogP contribution in [0.25, 0.3) is 10.9 Å². The molecule has 20 heavy (non-hydrogen) atoms. The molecule has 0 aliphatic carbocycles. The van der Waals surface area contributed by atoms with Crippen LogP contribution in [0.4, 0.5) is 0 Å². The predicted molar refractivity (Wildman–Crippen MR) is 88.3 cm³/mol. The number of aromatic nitrogens is 1. The summed E-state index contributed by atoms with van der Waals surface area (Å²) in [6.07, 6.45) is 1.07. The van der Waals surface area contributed by atoms with Crippen LogP contribution in [-0.4, -0.2) is 42.2 Å². The smallest absolute Gasteiger partial charge is 0.0887 e. The van der Waals surface area contributed by atoms with Gasteiger partial charge < -0.3 is 14.8 Å². The van der Waals surface area contributed by atoms with Crippen LogP contribution in [-0.2, 0) is 13.5 Å². The highest BCUT2D eigenvalue weighted by Gasteiger charge is 2.21. The average Bonchev–Trinajstić information content (AvgIpc) is 2.64. The highest BCUT2D eigenvalue weighted by Crippen LogP contribution is 2.31. The third-order valence-corrected chi connectivity index (χ3v) is 5.30. The summed E-state index contributed by atoms with van der Waals surface area (Å²) < 4.78 is 3.47. The molecule has 3 nitrogen and oxygen atoms in total. The van der Waals surface area contributed by atoms with Gasteiger partial charge in [-0.2, -0.15) is 0 Å². The Hall–Kier alpha value is -0.840. The minimum atomic E-state index is 0.539.